The Morgan fingerprint density at radius 2 is 2.19 bits per heavy atom. The highest BCUT2D eigenvalue weighted by Gasteiger charge is 2.27. The number of aromatic nitrogens is 2. The van der Waals surface area contributed by atoms with E-state index in [-0.39, 0.29) is 5.91 Å². The fraction of sp³-hybridized carbons (Fsp3) is 0.636. The lowest BCUT2D eigenvalue weighted by molar-refractivity contribution is 0.0702. The highest BCUT2D eigenvalue weighted by molar-refractivity contribution is 5.93. The molecule has 0 radical (unpaired) electrons. The van der Waals surface area contributed by atoms with Crippen LogP contribution in [0.5, 0.6) is 0 Å². The second kappa shape index (κ2) is 4.25. The lowest BCUT2D eigenvalue weighted by atomic mass is 9.98. The molecule has 0 aliphatic heterocycles. The van der Waals surface area contributed by atoms with Gasteiger partial charge in [-0.1, -0.05) is 0 Å². The van der Waals surface area contributed by atoms with Crippen LogP contribution < -0.4 is 5.32 Å². The summed E-state index contributed by atoms with van der Waals surface area (Å²) < 4.78 is 1.53. The normalized spacial score (nSPS) is 13.6. The van der Waals surface area contributed by atoms with E-state index < -0.39 is 11.6 Å². The second-order valence-corrected chi connectivity index (χ2v) is 4.65. The van der Waals surface area contributed by atoms with Crippen molar-refractivity contribution in [1.29, 1.82) is 0 Å². The van der Waals surface area contributed by atoms with Gasteiger partial charge in [0.15, 0.2) is 0 Å². The zero-order chi connectivity index (χ0) is 12.5. The molecule has 1 amide bonds. The third kappa shape index (κ3) is 2.61. The molecule has 1 rings (SSSR count). The predicted octanol–water partition coefficient (Wildman–Crippen LogP) is 0.618. The molecule has 1 atom stereocenters. The molecule has 16 heavy (non-hydrogen) atoms. The number of hydrogen-bond acceptors (Lipinski definition) is 3. The van der Waals surface area contributed by atoms with Crippen molar-refractivity contribution in [2.45, 2.75) is 39.3 Å². The Labute approximate surface area is 95.5 Å². The third-order valence-corrected chi connectivity index (χ3v) is 2.71. The minimum absolute atomic E-state index is 0.228. The van der Waals surface area contributed by atoms with Gasteiger partial charge in [0, 0.05) is 7.05 Å². The largest absolute Gasteiger partial charge is 0.391 e. The van der Waals surface area contributed by atoms with Gasteiger partial charge in [-0.05, 0) is 33.8 Å². The van der Waals surface area contributed by atoms with Gasteiger partial charge in [-0.15, -0.1) is 0 Å². The Balaban J connectivity index is 2.85. The molecular weight excluding hydrogens is 206 g/mol. The molecule has 1 heterocycles. The number of aliphatic hydroxyl groups excluding tert-OH is 1. The van der Waals surface area contributed by atoms with Crippen LogP contribution in [-0.4, -0.2) is 32.4 Å². The summed E-state index contributed by atoms with van der Waals surface area (Å²) in [4.78, 5) is 11.9. The molecule has 0 spiro atoms. The zero-order valence-electron chi connectivity index (χ0n) is 10.4. The first kappa shape index (κ1) is 12.7. The fourth-order valence-electron chi connectivity index (χ4n) is 1.28. The topological polar surface area (TPSA) is 67.2 Å². The number of carbonyl (C=O) groups is 1. The predicted molar refractivity (Wildman–Crippen MR) is 61.2 cm³/mol. The number of aryl methyl sites for hydroxylation is 2. The lowest BCUT2D eigenvalue weighted by Crippen LogP contribution is -2.51. The molecular formula is C11H19N3O2. The molecule has 1 aromatic rings. The Morgan fingerprint density at radius 3 is 2.56 bits per heavy atom. The van der Waals surface area contributed by atoms with E-state index in [1.54, 1.807) is 33.9 Å². The van der Waals surface area contributed by atoms with Crippen molar-refractivity contribution >= 4 is 5.91 Å². The molecule has 2 N–H and O–H groups in total. The van der Waals surface area contributed by atoms with Gasteiger partial charge in [0.1, 0.15) is 5.69 Å². The van der Waals surface area contributed by atoms with Gasteiger partial charge >= 0.3 is 0 Å². The summed E-state index contributed by atoms with van der Waals surface area (Å²) >= 11 is 0. The van der Waals surface area contributed by atoms with E-state index in [4.69, 9.17) is 0 Å². The Bertz CT molecular complexity index is 394. The molecule has 0 saturated carbocycles. The van der Waals surface area contributed by atoms with Crippen LogP contribution >= 0.6 is 0 Å². The third-order valence-electron chi connectivity index (χ3n) is 2.71. The van der Waals surface area contributed by atoms with Crippen LogP contribution in [0, 0.1) is 6.92 Å². The van der Waals surface area contributed by atoms with Crippen molar-refractivity contribution in [3.05, 3.63) is 17.5 Å². The summed E-state index contributed by atoms with van der Waals surface area (Å²) in [5.74, 6) is -0.228. The van der Waals surface area contributed by atoms with E-state index >= 15 is 0 Å². The molecule has 0 aliphatic carbocycles. The molecule has 0 aliphatic rings. The Kier molecular flexibility index (Phi) is 3.38. The van der Waals surface area contributed by atoms with Crippen LogP contribution in [0.4, 0.5) is 0 Å². The van der Waals surface area contributed by atoms with Gasteiger partial charge in [-0.2, -0.15) is 5.10 Å². The maximum Gasteiger partial charge on any atom is 0.270 e. The first-order valence-corrected chi connectivity index (χ1v) is 5.25. The van der Waals surface area contributed by atoms with Gasteiger partial charge in [-0.3, -0.25) is 9.48 Å². The molecule has 90 valence electrons. The Hall–Kier alpha value is -1.36. The standard InChI is InChI=1S/C11H19N3O2/c1-7-6-9(14(5)13-7)10(16)12-11(3,4)8(2)15/h6,8,15H,1-5H3,(H,12,16). The van der Waals surface area contributed by atoms with Crippen LogP contribution in [-0.2, 0) is 7.05 Å². The van der Waals surface area contributed by atoms with E-state index in [2.05, 4.69) is 10.4 Å². The second-order valence-electron chi connectivity index (χ2n) is 4.65. The van der Waals surface area contributed by atoms with Crippen LogP contribution in [0.25, 0.3) is 0 Å². The Morgan fingerprint density at radius 1 is 1.62 bits per heavy atom. The number of hydrogen-bond donors (Lipinski definition) is 2. The van der Waals surface area contributed by atoms with Crippen molar-refractivity contribution in [1.82, 2.24) is 15.1 Å². The van der Waals surface area contributed by atoms with Crippen molar-refractivity contribution in [3.8, 4) is 0 Å². The summed E-state index contributed by atoms with van der Waals surface area (Å²) in [5, 5.41) is 16.4. The summed E-state index contributed by atoms with van der Waals surface area (Å²) in [6, 6.07) is 1.72. The molecule has 1 unspecified atom stereocenters. The minimum atomic E-state index is -0.657. The van der Waals surface area contributed by atoms with Gasteiger partial charge in [0.25, 0.3) is 5.91 Å². The molecule has 0 saturated heterocycles. The zero-order valence-corrected chi connectivity index (χ0v) is 10.4. The van der Waals surface area contributed by atoms with Crippen LogP contribution in [0.1, 0.15) is 37.0 Å². The molecule has 5 nitrogen and oxygen atoms in total. The van der Waals surface area contributed by atoms with E-state index in [0.717, 1.165) is 5.69 Å². The fourth-order valence-corrected chi connectivity index (χ4v) is 1.28. The summed E-state index contributed by atoms with van der Waals surface area (Å²) in [5.41, 5.74) is 0.628. The lowest BCUT2D eigenvalue weighted by Gasteiger charge is -2.29. The number of carbonyl (C=O) groups excluding carboxylic acids is 1. The summed E-state index contributed by atoms with van der Waals surface area (Å²) in [6.07, 6.45) is -0.620. The van der Waals surface area contributed by atoms with Gasteiger partial charge < -0.3 is 10.4 Å². The molecule has 5 heteroatoms. The first-order chi connectivity index (χ1) is 7.24. The van der Waals surface area contributed by atoms with Crippen molar-refractivity contribution in [3.63, 3.8) is 0 Å². The van der Waals surface area contributed by atoms with Crippen molar-refractivity contribution < 1.29 is 9.90 Å². The minimum Gasteiger partial charge on any atom is -0.391 e. The molecule has 0 bridgehead atoms. The average Bonchev–Trinajstić information content (AvgIpc) is 2.44. The quantitative estimate of drug-likeness (QED) is 0.792. The van der Waals surface area contributed by atoms with E-state index in [1.807, 2.05) is 6.92 Å². The molecule has 0 aromatic carbocycles. The number of nitrogens with one attached hydrogen (secondary N) is 1. The molecule has 0 fully saturated rings. The van der Waals surface area contributed by atoms with Gasteiger partial charge in [-0.25, -0.2) is 0 Å². The van der Waals surface area contributed by atoms with E-state index in [0.29, 0.717) is 5.69 Å². The number of amides is 1. The SMILES string of the molecule is Cc1cc(C(=O)NC(C)(C)C(C)O)n(C)n1. The van der Waals surface area contributed by atoms with Gasteiger partial charge in [0.05, 0.1) is 17.3 Å². The van der Waals surface area contributed by atoms with Crippen LogP contribution in [0.2, 0.25) is 0 Å². The molecule has 1 aromatic heterocycles. The number of rotatable bonds is 3. The monoisotopic (exact) mass is 225 g/mol. The summed E-state index contributed by atoms with van der Waals surface area (Å²) in [6.45, 7) is 7.03. The van der Waals surface area contributed by atoms with Crippen molar-refractivity contribution in [2.24, 2.45) is 7.05 Å². The first-order valence-electron chi connectivity index (χ1n) is 5.25. The van der Waals surface area contributed by atoms with Crippen LogP contribution in [0.15, 0.2) is 6.07 Å². The van der Waals surface area contributed by atoms with Gasteiger partial charge in [0.2, 0.25) is 0 Å². The van der Waals surface area contributed by atoms with Crippen LogP contribution in [0.3, 0.4) is 0 Å². The maximum atomic E-state index is 11.9. The van der Waals surface area contributed by atoms with E-state index in [9.17, 15) is 9.90 Å². The van der Waals surface area contributed by atoms with Crippen molar-refractivity contribution in [2.75, 3.05) is 0 Å². The number of aliphatic hydroxyl groups is 1. The van der Waals surface area contributed by atoms with E-state index in [1.165, 1.54) is 4.68 Å². The maximum absolute atomic E-state index is 11.9. The highest BCUT2D eigenvalue weighted by Crippen LogP contribution is 2.10. The highest BCUT2D eigenvalue weighted by atomic mass is 16.3. The summed E-state index contributed by atoms with van der Waals surface area (Å²) in [7, 11) is 1.72. The number of nitrogens with zero attached hydrogens (tertiary/aromatic N) is 2. The average molecular weight is 225 g/mol. The smallest absolute Gasteiger partial charge is 0.270 e.